The summed E-state index contributed by atoms with van der Waals surface area (Å²) in [5.74, 6) is 6.29. The first-order chi connectivity index (χ1) is 6.77. The molecule has 1 heteroatoms. The molecule has 1 saturated carbocycles. The van der Waals surface area contributed by atoms with Crippen LogP contribution >= 0.6 is 0 Å². The lowest BCUT2D eigenvalue weighted by atomic mass is 9.98. The SMILES string of the molecule is CCCCCC#CCC1(O)CCCC1. The molecule has 0 aromatic carbocycles. The zero-order valence-electron chi connectivity index (χ0n) is 9.31. The summed E-state index contributed by atoms with van der Waals surface area (Å²) in [6, 6.07) is 0. The highest BCUT2D eigenvalue weighted by atomic mass is 16.3. The van der Waals surface area contributed by atoms with Crippen LogP contribution in [-0.2, 0) is 0 Å². The van der Waals surface area contributed by atoms with E-state index < -0.39 is 5.60 Å². The van der Waals surface area contributed by atoms with Crippen LogP contribution in [-0.4, -0.2) is 10.7 Å². The molecule has 1 N–H and O–H groups in total. The summed E-state index contributed by atoms with van der Waals surface area (Å²) < 4.78 is 0. The van der Waals surface area contributed by atoms with Crippen LogP contribution in [0.15, 0.2) is 0 Å². The quantitative estimate of drug-likeness (QED) is 0.538. The predicted molar refractivity (Wildman–Crippen MR) is 60.0 cm³/mol. The van der Waals surface area contributed by atoms with E-state index in [0.717, 1.165) is 19.3 Å². The van der Waals surface area contributed by atoms with Crippen molar-refractivity contribution in [2.75, 3.05) is 0 Å². The first-order valence-electron chi connectivity index (χ1n) is 5.95. The fourth-order valence-corrected chi connectivity index (χ4v) is 1.99. The van der Waals surface area contributed by atoms with Crippen LogP contribution in [0.4, 0.5) is 0 Å². The van der Waals surface area contributed by atoms with Gasteiger partial charge in [0, 0.05) is 12.8 Å². The lowest BCUT2D eigenvalue weighted by Crippen LogP contribution is -2.22. The van der Waals surface area contributed by atoms with E-state index >= 15 is 0 Å². The van der Waals surface area contributed by atoms with Crippen LogP contribution in [0.5, 0.6) is 0 Å². The van der Waals surface area contributed by atoms with Crippen LogP contribution in [0.25, 0.3) is 0 Å². The summed E-state index contributed by atoms with van der Waals surface area (Å²) in [4.78, 5) is 0. The molecule has 1 rings (SSSR count). The molecule has 0 bridgehead atoms. The minimum Gasteiger partial charge on any atom is -0.389 e. The standard InChI is InChI=1S/C13H22O/c1-2-3-4-5-6-7-10-13(14)11-8-9-12-13/h14H,2-5,8-12H2,1H3. The summed E-state index contributed by atoms with van der Waals surface area (Å²) in [7, 11) is 0. The van der Waals surface area contributed by atoms with Gasteiger partial charge in [0.15, 0.2) is 0 Å². The molecule has 14 heavy (non-hydrogen) atoms. The molecule has 0 amide bonds. The summed E-state index contributed by atoms with van der Waals surface area (Å²) in [5.41, 5.74) is -0.433. The Morgan fingerprint density at radius 3 is 2.50 bits per heavy atom. The minimum absolute atomic E-state index is 0.433. The van der Waals surface area contributed by atoms with Gasteiger partial charge < -0.3 is 5.11 Å². The highest BCUT2D eigenvalue weighted by Gasteiger charge is 2.29. The largest absolute Gasteiger partial charge is 0.389 e. The molecule has 1 aliphatic rings. The lowest BCUT2D eigenvalue weighted by molar-refractivity contribution is 0.0532. The van der Waals surface area contributed by atoms with Crippen molar-refractivity contribution >= 4 is 0 Å². The van der Waals surface area contributed by atoms with Crippen molar-refractivity contribution in [1.82, 2.24) is 0 Å². The second kappa shape index (κ2) is 6.09. The fourth-order valence-electron chi connectivity index (χ4n) is 1.99. The van der Waals surface area contributed by atoms with Crippen molar-refractivity contribution in [1.29, 1.82) is 0 Å². The maximum absolute atomic E-state index is 9.99. The fraction of sp³-hybridized carbons (Fsp3) is 0.846. The first-order valence-corrected chi connectivity index (χ1v) is 5.95. The Bertz CT molecular complexity index is 203. The molecular formula is C13H22O. The number of rotatable bonds is 4. The second-order valence-electron chi connectivity index (χ2n) is 4.42. The molecule has 0 aliphatic heterocycles. The third-order valence-corrected chi connectivity index (χ3v) is 2.98. The Labute approximate surface area is 87.9 Å². The molecule has 0 aromatic rings. The first kappa shape index (κ1) is 11.6. The number of aliphatic hydroxyl groups is 1. The summed E-state index contributed by atoms with van der Waals surface area (Å²) in [5, 5.41) is 9.99. The van der Waals surface area contributed by atoms with Crippen LogP contribution in [0.3, 0.4) is 0 Å². The number of unbranched alkanes of at least 4 members (excludes halogenated alkanes) is 3. The molecule has 0 unspecified atom stereocenters. The van der Waals surface area contributed by atoms with Crippen LogP contribution in [0.1, 0.15) is 64.7 Å². The van der Waals surface area contributed by atoms with Gasteiger partial charge in [-0.2, -0.15) is 0 Å². The average molecular weight is 194 g/mol. The molecule has 1 aliphatic carbocycles. The van der Waals surface area contributed by atoms with Gasteiger partial charge >= 0.3 is 0 Å². The van der Waals surface area contributed by atoms with E-state index in [0.29, 0.717) is 6.42 Å². The van der Waals surface area contributed by atoms with E-state index in [4.69, 9.17) is 0 Å². The van der Waals surface area contributed by atoms with Gasteiger partial charge in [0.25, 0.3) is 0 Å². The van der Waals surface area contributed by atoms with Gasteiger partial charge in [-0.3, -0.25) is 0 Å². The second-order valence-corrected chi connectivity index (χ2v) is 4.42. The molecule has 0 radical (unpaired) electrons. The van der Waals surface area contributed by atoms with Crippen molar-refractivity contribution in [3.05, 3.63) is 0 Å². The van der Waals surface area contributed by atoms with Crippen molar-refractivity contribution in [2.24, 2.45) is 0 Å². The highest BCUT2D eigenvalue weighted by molar-refractivity contribution is 5.04. The lowest BCUT2D eigenvalue weighted by Gasteiger charge is -2.17. The molecule has 0 heterocycles. The van der Waals surface area contributed by atoms with E-state index in [9.17, 15) is 5.11 Å². The van der Waals surface area contributed by atoms with E-state index in [-0.39, 0.29) is 0 Å². The van der Waals surface area contributed by atoms with Crippen molar-refractivity contribution in [3.63, 3.8) is 0 Å². The van der Waals surface area contributed by atoms with Gasteiger partial charge in [0.1, 0.15) is 0 Å². The van der Waals surface area contributed by atoms with Crippen molar-refractivity contribution < 1.29 is 5.11 Å². The zero-order chi connectivity index (χ0) is 10.3. The highest BCUT2D eigenvalue weighted by Crippen LogP contribution is 2.31. The van der Waals surface area contributed by atoms with Gasteiger partial charge in [0.2, 0.25) is 0 Å². The zero-order valence-corrected chi connectivity index (χ0v) is 9.31. The van der Waals surface area contributed by atoms with E-state index in [1.165, 1.54) is 32.1 Å². The van der Waals surface area contributed by atoms with Gasteiger partial charge in [0.05, 0.1) is 5.60 Å². The Morgan fingerprint density at radius 2 is 1.86 bits per heavy atom. The van der Waals surface area contributed by atoms with E-state index in [1.807, 2.05) is 0 Å². The Balaban J connectivity index is 2.12. The van der Waals surface area contributed by atoms with Crippen molar-refractivity contribution in [2.45, 2.75) is 70.3 Å². The predicted octanol–water partition coefficient (Wildman–Crippen LogP) is 3.27. The number of hydrogen-bond donors (Lipinski definition) is 1. The van der Waals surface area contributed by atoms with Crippen LogP contribution in [0, 0.1) is 11.8 Å². The summed E-state index contributed by atoms with van der Waals surface area (Å²) in [6.45, 7) is 2.20. The summed E-state index contributed by atoms with van der Waals surface area (Å²) >= 11 is 0. The molecule has 1 fully saturated rings. The van der Waals surface area contributed by atoms with Gasteiger partial charge in [-0.05, 0) is 19.3 Å². The van der Waals surface area contributed by atoms with E-state index in [1.54, 1.807) is 0 Å². The molecular weight excluding hydrogens is 172 g/mol. The van der Waals surface area contributed by atoms with Crippen LogP contribution in [0.2, 0.25) is 0 Å². The molecule has 0 aromatic heterocycles. The van der Waals surface area contributed by atoms with Gasteiger partial charge in [-0.25, -0.2) is 0 Å². The Hall–Kier alpha value is -0.480. The smallest absolute Gasteiger partial charge is 0.0756 e. The van der Waals surface area contributed by atoms with E-state index in [2.05, 4.69) is 18.8 Å². The van der Waals surface area contributed by atoms with Gasteiger partial charge in [-0.1, -0.05) is 32.6 Å². The Morgan fingerprint density at radius 1 is 1.14 bits per heavy atom. The van der Waals surface area contributed by atoms with Crippen molar-refractivity contribution in [3.8, 4) is 11.8 Å². The topological polar surface area (TPSA) is 20.2 Å². The molecule has 1 nitrogen and oxygen atoms in total. The third kappa shape index (κ3) is 4.15. The van der Waals surface area contributed by atoms with Gasteiger partial charge in [-0.15, -0.1) is 11.8 Å². The van der Waals surface area contributed by atoms with Crippen LogP contribution < -0.4 is 0 Å². The molecule has 0 saturated heterocycles. The monoisotopic (exact) mass is 194 g/mol. The average Bonchev–Trinajstić information content (AvgIpc) is 2.59. The molecule has 0 spiro atoms. The third-order valence-electron chi connectivity index (χ3n) is 2.98. The number of hydrogen-bond acceptors (Lipinski definition) is 1. The molecule has 0 atom stereocenters. The summed E-state index contributed by atoms with van der Waals surface area (Å²) in [6.07, 6.45) is 9.70. The maximum atomic E-state index is 9.99. The molecule has 80 valence electrons. The maximum Gasteiger partial charge on any atom is 0.0756 e. The minimum atomic E-state index is -0.433. The normalized spacial score (nSPS) is 19.0. The Kier molecular flexibility index (Phi) is 5.04.